The first-order valence-electron chi connectivity index (χ1n) is 13.1. The number of ether oxygens (including phenoxy) is 2. The molecule has 0 atom stereocenters. The molecule has 2 aromatic carbocycles. The Balaban J connectivity index is 0.000000535. The molecule has 0 saturated heterocycles. The molecule has 3 aromatic rings. The van der Waals surface area contributed by atoms with Crippen molar-refractivity contribution >= 4 is 11.9 Å². The molecule has 0 radical (unpaired) electrons. The summed E-state index contributed by atoms with van der Waals surface area (Å²) >= 11 is 1.32. The monoisotopic (exact) mass is 526 g/mol. The van der Waals surface area contributed by atoms with Crippen LogP contribution in [0, 0.1) is 11.3 Å². The van der Waals surface area contributed by atoms with Crippen molar-refractivity contribution in [1.82, 2.24) is 10.1 Å². The molecular formula is C29H42N4O3S. The number of aryl methyl sites for hydroxylation is 1. The van der Waals surface area contributed by atoms with E-state index in [0.29, 0.717) is 28.6 Å². The highest BCUT2D eigenvalue weighted by molar-refractivity contribution is 7.97. The lowest BCUT2D eigenvalue weighted by atomic mass is 10.0. The second-order valence-electron chi connectivity index (χ2n) is 7.78. The number of fused-ring (bicyclic) bond motifs is 1. The zero-order valence-corrected chi connectivity index (χ0v) is 24.2. The second-order valence-corrected chi connectivity index (χ2v) is 8.52. The number of benzene rings is 2. The summed E-state index contributed by atoms with van der Waals surface area (Å²) in [6, 6.07) is 13.8. The van der Waals surface area contributed by atoms with Crippen LogP contribution in [0.3, 0.4) is 0 Å². The van der Waals surface area contributed by atoms with E-state index in [1.807, 2.05) is 66.7 Å². The maximum absolute atomic E-state index is 9.40. The van der Waals surface area contributed by atoms with Gasteiger partial charge >= 0.3 is 0 Å². The molecule has 0 unspecified atom stereocenters. The predicted octanol–water partition coefficient (Wildman–Crippen LogP) is 7.23. The van der Waals surface area contributed by atoms with Crippen molar-refractivity contribution in [3.63, 3.8) is 0 Å². The largest absolute Gasteiger partial charge is 0.490 e. The van der Waals surface area contributed by atoms with Crippen molar-refractivity contribution in [2.75, 3.05) is 19.0 Å². The van der Waals surface area contributed by atoms with Crippen LogP contribution < -0.4 is 9.88 Å². The summed E-state index contributed by atoms with van der Waals surface area (Å²) in [4.78, 5) is 4.57. The van der Waals surface area contributed by atoms with E-state index in [-0.39, 0.29) is 6.10 Å². The number of nitrogens with zero attached hydrogens (tertiary/aromatic N) is 3. The van der Waals surface area contributed by atoms with E-state index in [0.717, 1.165) is 37.4 Å². The molecule has 202 valence electrons. The summed E-state index contributed by atoms with van der Waals surface area (Å²) in [5.41, 5.74) is 4.89. The molecule has 2 N–H and O–H groups in total. The Labute approximate surface area is 226 Å². The molecule has 0 amide bonds. The SMILES string of the molecule is CC.CC.CC(C)Oc1ccc(-c2nc(-c3cccc4c3CCC4)no2)cc1C#N.CCOCCSN. The molecule has 7 nitrogen and oxygen atoms in total. The molecule has 0 aliphatic heterocycles. The van der Waals surface area contributed by atoms with Crippen LogP contribution in [0.4, 0.5) is 0 Å². The van der Waals surface area contributed by atoms with Gasteiger partial charge < -0.3 is 14.0 Å². The summed E-state index contributed by atoms with van der Waals surface area (Å²) in [6.07, 6.45) is 3.33. The molecule has 0 fully saturated rings. The van der Waals surface area contributed by atoms with Crippen LogP contribution in [0.15, 0.2) is 40.9 Å². The fraction of sp³-hybridized carbons (Fsp3) is 0.483. The third-order valence-electron chi connectivity index (χ3n) is 5.07. The standard InChI is InChI=1S/C21H19N3O2.C4H11NOS.2C2H6/c1-13(2)25-19-10-9-15(11-16(19)12-22)21-23-20(24-26-21)18-8-4-6-14-5-3-7-17(14)18;1-2-6-3-4-7-5;2*1-2/h4,6,8-11,13H,3,5,7H2,1-2H3;2-5H2,1H3;2*1-2H3. The molecule has 1 aliphatic rings. The Morgan fingerprint density at radius 1 is 1.14 bits per heavy atom. The van der Waals surface area contributed by atoms with E-state index in [1.165, 1.54) is 29.5 Å². The Kier molecular flexibility index (Phi) is 16.0. The Morgan fingerprint density at radius 3 is 2.54 bits per heavy atom. The maximum Gasteiger partial charge on any atom is 0.258 e. The van der Waals surface area contributed by atoms with Gasteiger partial charge in [0.25, 0.3) is 5.89 Å². The van der Waals surface area contributed by atoms with Crippen molar-refractivity contribution < 1.29 is 14.0 Å². The predicted molar refractivity (Wildman–Crippen MR) is 154 cm³/mol. The minimum atomic E-state index is 0.00290. The number of nitrogens with two attached hydrogens (primary N) is 1. The normalized spacial score (nSPS) is 11.1. The van der Waals surface area contributed by atoms with Gasteiger partial charge in [-0.05, 0) is 69.4 Å². The molecule has 1 heterocycles. The van der Waals surface area contributed by atoms with Crippen LogP contribution in [0.2, 0.25) is 0 Å². The number of aromatic nitrogens is 2. The summed E-state index contributed by atoms with van der Waals surface area (Å²) in [5, 5.41) is 18.7. The fourth-order valence-corrected chi connectivity index (χ4v) is 3.85. The highest BCUT2D eigenvalue weighted by Crippen LogP contribution is 2.32. The molecule has 0 spiro atoms. The molecule has 37 heavy (non-hydrogen) atoms. The van der Waals surface area contributed by atoms with Crippen LogP contribution in [0.25, 0.3) is 22.8 Å². The first kappa shape index (κ1) is 32.2. The highest BCUT2D eigenvalue weighted by atomic mass is 32.2. The molecule has 0 bridgehead atoms. The number of rotatable bonds is 8. The van der Waals surface area contributed by atoms with E-state index in [1.54, 1.807) is 12.1 Å². The topological polar surface area (TPSA) is 107 Å². The fourth-order valence-electron chi connectivity index (χ4n) is 3.64. The van der Waals surface area contributed by atoms with Crippen LogP contribution in [0.5, 0.6) is 5.75 Å². The lowest BCUT2D eigenvalue weighted by Crippen LogP contribution is -2.06. The van der Waals surface area contributed by atoms with Gasteiger partial charge in [-0.2, -0.15) is 10.2 Å². The smallest absolute Gasteiger partial charge is 0.258 e. The number of nitriles is 1. The van der Waals surface area contributed by atoms with E-state index >= 15 is 0 Å². The third-order valence-corrected chi connectivity index (χ3v) is 5.47. The highest BCUT2D eigenvalue weighted by Gasteiger charge is 2.20. The Morgan fingerprint density at radius 2 is 1.89 bits per heavy atom. The molecule has 0 saturated carbocycles. The van der Waals surface area contributed by atoms with Crippen LogP contribution in [0.1, 0.15) is 71.6 Å². The molecular weight excluding hydrogens is 484 g/mol. The zero-order chi connectivity index (χ0) is 27.6. The van der Waals surface area contributed by atoms with Crippen molar-refractivity contribution in [1.29, 1.82) is 5.26 Å². The minimum Gasteiger partial charge on any atom is -0.490 e. The van der Waals surface area contributed by atoms with Gasteiger partial charge in [0.2, 0.25) is 5.82 Å². The average Bonchev–Trinajstić information content (AvgIpc) is 3.62. The van der Waals surface area contributed by atoms with Gasteiger partial charge in [-0.25, -0.2) is 0 Å². The number of hydrogen-bond donors (Lipinski definition) is 1. The van der Waals surface area contributed by atoms with Crippen molar-refractivity contribution in [2.24, 2.45) is 5.14 Å². The Hall–Kier alpha value is -2.86. The Bertz CT molecular complexity index is 1090. The molecule has 4 rings (SSSR count). The zero-order valence-electron chi connectivity index (χ0n) is 23.3. The molecule has 1 aliphatic carbocycles. The summed E-state index contributed by atoms with van der Waals surface area (Å²) in [5.74, 6) is 2.46. The first-order chi connectivity index (χ1) is 18.1. The van der Waals surface area contributed by atoms with E-state index in [4.69, 9.17) is 19.1 Å². The van der Waals surface area contributed by atoms with Gasteiger partial charge in [-0.1, -0.05) is 63.0 Å². The van der Waals surface area contributed by atoms with Gasteiger partial charge in [0, 0.05) is 23.5 Å². The van der Waals surface area contributed by atoms with Gasteiger partial charge in [0.15, 0.2) is 0 Å². The van der Waals surface area contributed by atoms with Crippen molar-refractivity contribution in [3.8, 4) is 34.7 Å². The lowest BCUT2D eigenvalue weighted by molar-refractivity contribution is 0.164. The number of hydrogen-bond acceptors (Lipinski definition) is 8. The summed E-state index contributed by atoms with van der Waals surface area (Å²) in [6.45, 7) is 15.4. The van der Waals surface area contributed by atoms with E-state index < -0.39 is 0 Å². The second kappa shape index (κ2) is 18.4. The summed E-state index contributed by atoms with van der Waals surface area (Å²) in [7, 11) is 0. The van der Waals surface area contributed by atoms with Crippen LogP contribution in [-0.2, 0) is 17.6 Å². The van der Waals surface area contributed by atoms with Crippen molar-refractivity contribution in [2.45, 2.75) is 73.8 Å². The quantitative estimate of drug-likeness (QED) is 0.242. The average molecular weight is 527 g/mol. The molecule has 8 heteroatoms. The maximum atomic E-state index is 9.40. The van der Waals surface area contributed by atoms with Gasteiger partial charge in [0.1, 0.15) is 11.8 Å². The minimum absolute atomic E-state index is 0.00290. The van der Waals surface area contributed by atoms with Gasteiger partial charge in [-0.3, -0.25) is 5.14 Å². The van der Waals surface area contributed by atoms with Crippen LogP contribution in [-0.4, -0.2) is 35.2 Å². The van der Waals surface area contributed by atoms with Gasteiger partial charge in [0.05, 0.1) is 18.3 Å². The first-order valence-corrected chi connectivity index (χ1v) is 14.2. The van der Waals surface area contributed by atoms with E-state index in [2.05, 4.69) is 22.3 Å². The lowest BCUT2D eigenvalue weighted by Gasteiger charge is -2.11. The van der Waals surface area contributed by atoms with Crippen molar-refractivity contribution in [3.05, 3.63) is 53.1 Å². The van der Waals surface area contributed by atoms with Gasteiger partial charge in [-0.15, -0.1) is 0 Å². The third kappa shape index (κ3) is 9.84. The summed E-state index contributed by atoms with van der Waals surface area (Å²) < 4.78 is 16.1. The van der Waals surface area contributed by atoms with E-state index in [9.17, 15) is 5.26 Å². The van der Waals surface area contributed by atoms with Crippen LogP contribution >= 0.6 is 11.9 Å². The molecule has 1 aromatic heterocycles.